The summed E-state index contributed by atoms with van der Waals surface area (Å²) in [5.41, 5.74) is 0.830. The molecule has 0 aliphatic carbocycles. The summed E-state index contributed by atoms with van der Waals surface area (Å²) in [7, 11) is 1.14. The van der Waals surface area contributed by atoms with Crippen molar-refractivity contribution in [2.75, 3.05) is 27.4 Å². The highest BCUT2D eigenvalue weighted by atomic mass is 32.2. The van der Waals surface area contributed by atoms with Crippen molar-refractivity contribution in [2.24, 2.45) is 4.99 Å². The van der Waals surface area contributed by atoms with Crippen molar-refractivity contribution < 1.29 is 37.6 Å². The highest BCUT2D eigenvalue weighted by Crippen LogP contribution is 2.42. The van der Waals surface area contributed by atoms with Crippen molar-refractivity contribution in [3.8, 4) is 11.5 Å². The van der Waals surface area contributed by atoms with E-state index in [9.17, 15) is 4.79 Å². The average Bonchev–Trinajstić information content (AvgIpc) is 3.46. The number of hydrogen-bond donors (Lipinski definition) is 0. The van der Waals surface area contributed by atoms with Crippen LogP contribution in [0.25, 0.3) is 0 Å². The number of nitrogens with zero attached hydrogens (tertiary/aromatic N) is 2. The molecule has 0 unspecified atom stereocenters. The molecule has 0 bridgehead atoms. The minimum atomic E-state index is -2.15. The molecule has 1 fully saturated rings. The summed E-state index contributed by atoms with van der Waals surface area (Å²) in [6.45, 7) is 21.7. The molecule has 2 aromatic rings. The van der Waals surface area contributed by atoms with Crippen LogP contribution >= 0.6 is 11.8 Å². The van der Waals surface area contributed by atoms with Crippen molar-refractivity contribution in [1.29, 1.82) is 0 Å². The van der Waals surface area contributed by atoms with Gasteiger partial charge in [-0.1, -0.05) is 62.9 Å². The third-order valence-electron chi connectivity index (χ3n) is 8.87. The van der Waals surface area contributed by atoms with Gasteiger partial charge in [0.1, 0.15) is 46.9 Å². The van der Waals surface area contributed by atoms with E-state index in [1.807, 2.05) is 69.3 Å². The Labute approximate surface area is 297 Å². The van der Waals surface area contributed by atoms with Gasteiger partial charge in [0, 0.05) is 6.54 Å². The second kappa shape index (κ2) is 16.4. The summed E-state index contributed by atoms with van der Waals surface area (Å²) >= 11 is 1.39. The van der Waals surface area contributed by atoms with Crippen LogP contribution in [0, 0.1) is 0 Å². The molecule has 0 aromatic heterocycles. The van der Waals surface area contributed by atoms with Crippen LogP contribution in [0.2, 0.25) is 18.1 Å². The van der Waals surface area contributed by atoms with E-state index in [1.54, 1.807) is 20.3 Å². The first-order chi connectivity index (χ1) is 23.0. The fourth-order valence-electron chi connectivity index (χ4n) is 5.06. The summed E-state index contributed by atoms with van der Waals surface area (Å²) < 4.78 is 43.5. The Morgan fingerprint density at radius 3 is 1.92 bits per heavy atom. The number of amides is 1. The average molecular weight is 715 g/mol. The molecule has 5 atom stereocenters. The third kappa shape index (κ3) is 10.3. The fourth-order valence-corrected chi connectivity index (χ4v) is 7.29. The zero-order chi connectivity index (χ0) is 36.0. The van der Waals surface area contributed by atoms with E-state index >= 15 is 0 Å². The highest BCUT2D eigenvalue weighted by Gasteiger charge is 2.52. The molecular formula is C37H54N2O8SSi. The Balaban J connectivity index is 1.70. The number of rotatable bonds is 13. The van der Waals surface area contributed by atoms with Crippen LogP contribution < -0.4 is 9.47 Å². The second-order valence-corrected chi connectivity index (χ2v) is 20.6. The predicted molar refractivity (Wildman–Crippen MR) is 197 cm³/mol. The normalized spacial score (nSPS) is 22.6. The molecule has 0 radical (unpaired) electrons. The van der Waals surface area contributed by atoms with Gasteiger partial charge in [-0.05, 0) is 74.3 Å². The Hall–Kier alpha value is -2.87. The molecule has 2 aliphatic heterocycles. The second-order valence-electron chi connectivity index (χ2n) is 14.8. The lowest BCUT2D eigenvalue weighted by molar-refractivity contribution is -0.204. The number of fused-ring (bicyclic) bond motifs is 1. The molecule has 10 nitrogen and oxygen atoms in total. The van der Waals surface area contributed by atoms with E-state index in [4.69, 9.17) is 37.8 Å². The Kier molecular flexibility index (Phi) is 13.1. The van der Waals surface area contributed by atoms with Crippen molar-refractivity contribution in [1.82, 2.24) is 4.90 Å². The van der Waals surface area contributed by atoms with Crippen LogP contribution in [0.15, 0.2) is 66.2 Å². The van der Waals surface area contributed by atoms with Gasteiger partial charge in [-0.3, -0.25) is 9.89 Å². The summed E-state index contributed by atoms with van der Waals surface area (Å²) in [5.74, 6) is 1.54. The van der Waals surface area contributed by atoms with Crippen LogP contribution in [0.5, 0.6) is 11.5 Å². The van der Waals surface area contributed by atoms with E-state index < -0.39 is 49.8 Å². The van der Waals surface area contributed by atoms with E-state index in [1.165, 1.54) is 16.7 Å². The van der Waals surface area contributed by atoms with Crippen molar-refractivity contribution >= 4 is 31.3 Å². The lowest BCUT2D eigenvalue weighted by Crippen LogP contribution is -2.59. The van der Waals surface area contributed by atoms with Crippen LogP contribution in [0.3, 0.4) is 0 Å². The smallest absolute Gasteiger partial charge is 0.416 e. The van der Waals surface area contributed by atoms with Gasteiger partial charge in [0.05, 0.1) is 34.0 Å². The first-order valence-electron chi connectivity index (χ1n) is 16.7. The molecule has 0 saturated carbocycles. The number of carbonyl (C=O) groups is 1. The first kappa shape index (κ1) is 38.9. The van der Waals surface area contributed by atoms with Gasteiger partial charge < -0.3 is 32.8 Å². The fraction of sp³-hybridized carbons (Fsp3) is 0.568. The maximum atomic E-state index is 13.4. The van der Waals surface area contributed by atoms with E-state index in [2.05, 4.69) is 40.4 Å². The van der Waals surface area contributed by atoms with E-state index in [0.29, 0.717) is 25.0 Å². The van der Waals surface area contributed by atoms with Gasteiger partial charge >= 0.3 is 6.09 Å². The Morgan fingerprint density at radius 2 is 1.45 bits per heavy atom. The van der Waals surface area contributed by atoms with Gasteiger partial charge in [-0.25, -0.2) is 4.79 Å². The molecule has 4 rings (SSSR count). The summed E-state index contributed by atoms with van der Waals surface area (Å²) in [6, 6.07) is 15.1. The first-order valence-corrected chi connectivity index (χ1v) is 20.5. The summed E-state index contributed by atoms with van der Waals surface area (Å²) in [5, 5.41) is 0.493. The standard InChI is InChI=1S/C37H54N2O8SSi/c1-12-21-39(35(40)47-36(2,3)4)34-38-30-32(44-23-26-15-19-28(42-9)20-16-26)31(43-22-25-13-17-27(41-8)18-14-25)29(46-33(30)48-34)24-45-49(10,11)37(5,6)7/h12-20,29-33H,1,21-24H2,2-11H3/t29-,30-,31-,32-,33-/m1/s1. The van der Waals surface area contributed by atoms with Crippen LogP contribution in [-0.4, -0.2) is 87.2 Å². The number of carbonyl (C=O) groups excluding carboxylic acids is 1. The van der Waals surface area contributed by atoms with Gasteiger partial charge in [0.25, 0.3) is 0 Å². The van der Waals surface area contributed by atoms with Gasteiger partial charge in [-0.15, -0.1) is 6.58 Å². The molecule has 270 valence electrons. The molecule has 49 heavy (non-hydrogen) atoms. The lowest BCUT2D eigenvalue weighted by Gasteiger charge is -2.44. The topological polar surface area (TPSA) is 97.3 Å². The molecule has 2 heterocycles. The summed E-state index contributed by atoms with van der Waals surface area (Å²) in [4.78, 5) is 19.9. The minimum absolute atomic E-state index is 0.00487. The molecular weight excluding hydrogens is 661 g/mol. The predicted octanol–water partition coefficient (Wildman–Crippen LogP) is 7.82. The van der Waals surface area contributed by atoms with E-state index in [0.717, 1.165) is 22.6 Å². The number of amidine groups is 1. The Bertz CT molecular complexity index is 1420. The zero-order valence-corrected chi connectivity index (χ0v) is 32.5. The monoisotopic (exact) mass is 714 g/mol. The number of thioether (sulfide) groups is 1. The van der Waals surface area contributed by atoms with Crippen molar-refractivity contribution in [3.05, 3.63) is 72.3 Å². The largest absolute Gasteiger partial charge is 0.497 e. The van der Waals surface area contributed by atoms with Crippen molar-refractivity contribution in [3.63, 3.8) is 0 Å². The SMILES string of the molecule is C=CCN(C(=O)OC(C)(C)C)C1=N[C@@H]2[C@@H](OCc3ccc(OC)cc3)[C@H](OCc3ccc(OC)cc3)[C@@H](CO[Si](C)(C)C(C)(C)C)O[C@@H]2S1. The number of aliphatic imine (C=N–C) groups is 1. The van der Waals surface area contributed by atoms with Crippen LogP contribution in [0.4, 0.5) is 4.79 Å². The molecule has 2 aromatic carbocycles. The van der Waals surface area contributed by atoms with Gasteiger partial charge in [0.15, 0.2) is 13.5 Å². The lowest BCUT2D eigenvalue weighted by atomic mass is 9.97. The minimum Gasteiger partial charge on any atom is -0.497 e. The molecule has 0 spiro atoms. The van der Waals surface area contributed by atoms with Crippen LogP contribution in [-0.2, 0) is 36.6 Å². The third-order valence-corrected chi connectivity index (χ3v) is 14.5. The maximum absolute atomic E-state index is 13.4. The number of benzene rings is 2. The Morgan fingerprint density at radius 1 is 0.918 bits per heavy atom. The maximum Gasteiger partial charge on any atom is 0.416 e. The number of ether oxygens (including phenoxy) is 6. The highest BCUT2D eigenvalue weighted by molar-refractivity contribution is 8.14. The van der Waals surface area contributed by atoms with Gasteiger partial charge in [0.2, 0.25) is 0 Å². The van der Waals surface area contributed by atoms with Crippen LogP contribution in [0.1, 0.15) is 52.7 Å². The quantitative estimate of drug-likeness (QED) is 0.152. The molecule has 12 heteroatoms. The number of methoxy groups -OCH3 is 2. The van der Waals surface area contributed by atoms with Crippen molar-refractivity contribution in [2.45, 2.75) is 108 Å². The molecule has 0 N–H and O–H groups in total. The molecule has 1 saturated heterocycles. The van der Waals surface area contributed by atoms with Gasteiger partial charge in [-0.2, -0.15) is 0 Å². The summed E-state index contributed by atoms with van der Waals surface area (Å²) in [6.07, 6.45) is -0.376. The molecule has 1 amide bonds. The zero-order valence-electron chi connectivity index (χ0n) is 30.7. The number of hydrogen-bond acceptors (Lipinski definition) is 10. The van der Waals surface area contributed by atoms with E-state index in [-0.39, 0.29) is 11.6 Å². The molecule has 2 aliphatic rings.